The minimum Gasteiger partial charge on any atom is -0.344 e. The van der Waals surface area contributed by atoms with Crippen LogP contribution in [0.25, 0.3) is 0 Å². The maximum absolute atomic E-state index is 11.6. The van der Waals surface area contributed by atoms with Gasteiger partial charge in [0.1, 0.15) is 0 Å². The number of hydrogen-bond acceptors (Lipinski definition) is 2. The maximum atomic E-state index is 11.6. The van der Waals surface area contributed by atoms with E-state index in [-0.39, 0.29) is 11.8 Å². The second-order valence-electron chi connectivity index (χ2n) is 4.31. The van der Waals surface area contributed by atoms with Crippen molar-refractivity contribution >= 4 is 5.91 Å². The van der Waals surface area contributed by atoms with Crippen molar-refractivity contribution in [3.05, 3.63) is 0 Å². The van der Waals surface area contributed by atoms with Crippen LogP contribution in [0, 0.1) is 23.2 Å². The number of rotatable bonds is 4. The topological polar surface area (TPSA) is 44.1 Å². The Bertz CT molecular complexity index is 240. The first-order valence-corrected chi connectivity index (χ1v) is 5.27. The Hall–Kier alpha value is -1.04. The zero-order valence-corrected chi connectivity index (χ0v) is 8.99. The predicted octanol–water partition coefficient (Wildman–Crippen LogP) is 1.79. The quantitative estimate of drug-likeness (QED) is 0.685. The molecular weight excluding hydrogens is 176 g/mol. The SMILES string of the molecule is CC(C#N)CN(C)C(=O)CC1CCC1. The lowest BCUT2D eigenvalue weighted by Crippen LogP contribution is -2.33. The van der Waals surface area contributed by atoms with Gasteiger partial charge in [0.25, 0.3) is 0 Å². The first-order chi connectivity index (χ1) is 6.63. The van der Waals surface area contributed by atoms with Crippen molar-refractivity contribution in [3.8, 4) is 6.07 Å². The molecule has 0 aromatic heterocycles. The molecule has 0 radical (unpaired) electrons. The molecule has 0 aromatic rings. The van der Waals surface area contributed by atoms with Gasteiger partial charge < -0.3 is 4.90 Å². The molecule has 1 atom stereocenters. The molecule has 1 aliphatic carbocycles. The van der Waals surface area contributed by atoms with Crippen LogP contribution in [0.1, 0.15) is 32.6 Å². The van der Waals surface area contributed by atoms with Gasteiger partial charge in [-0.25, -0.2) is 0 Å². The highest BCUT2D eigenvalue weighted by molar-refractivity contribution is 5.76. The Kier molecular flexibility index (Phi) is 3.94. The molecule has 0 N–H and O–H groups in total. The van der Waals surface area contributed by atoms with E-state index in [1.54, 1.807) is 11.9 Å². The number of amides is 1. The highest BCUT2D eigenvalue weighted by Crippen LogP contribution is 2.29. The summed E-state index contributed by atoms with van der Waals surface area (Å²) in [5.41, 5.74) is 0. The smallest absolute Gasteiger partial charge is 0.222 e. The largest absolute Gasteiger partial charge is 0.344 e. The van der Waals surface area contributed by atoms with Crippen LogP contribution >= 0.6 is 0 Å². The molecule has 1 amide bonds. The minimum atomic E-state index is -0.0645. The third-order valence-electron chi connectivity index (χ3n) is 2.88. The molecule has 0 saturated heterocycles. The Morgan fingerprint density at radius 2 is 2.29 bits per heavy atom. The fourth-order valence-corrected chi connectivity index (χ4v) is 1.65. The summed E-state index contributed by atoms with van der Waals surface area (Å²) in [5.74, 6) is 0.740. The fourth-order valence-electron chi connectivity index (χ4n) is 1.65. The zero-order chi connectivity index (χ0) is 10.6. The molecule has 3 nitrogen and oxygen atoms in total. The summed E-state index contributed by atoms with van der Waals surface area (Å²) >= 11 is 0. The van der Waals surface area contributed by atoms with Crippen molar-refractivity contribution < 1.29 is 4.79 Å². The molecule has 0 aliphatic heterocycles. The molecular formula is C11H18N2O. The van der Waals surface area contributed by atoms with Crippen LogP contribution in [0.4, 0.5) is 0 Å². The Balaban J connectivity index is 2.25. The highest BCUT2D eigenvalue weighted by Gasteiger charge is 2.22. The molecule has 14 heavy (non-hydrogen) atoms. The van der Waals surface area contributed by atoms with Gasteiger partial charge in [0.15, 0.2) is 0 Å². The van der Waals surface area contributed by atoms with E-state index in [4.69, 9.17) is 5.26 Å². The number of hydrogen-bond donors (Lipinski definition) is 0. The summed E-state index contributed by atoms with van der Waals surface area (Å²) in [6, 6.07) is 2.14. The molecule has 78 valence electrons. The van der Waals surface area contributed by atoms with E-state index in [9.17, 15) is 4.79 Å². The third kappa shape index (κ3) is 3.02. The normalized spacial score (nSPS) is 18.1. The summed E-state index contributed by atoms with van der Waals surface area (Å²) in [7, 11) is 1.79. The fraction of sp³-hybridized carbons (Fsp3) is 0.818. The van der Waals surface area contributed by atoms with Gasteiger partial charge >= 0.3 is 0 Å². The molecule has 0 aromatic carbocycles. The molecule has 0 spiro atoms. The molecule has 1 fully saturated rings. The van der Waals surface area contributed by atoms with Gasteiger partial charge in [-0.2, -0.15) is 5.26 Å². The second-order valence-corrected chi connectivity index (χ2v) is 4.31. The van der Waals surface area contributed by atoms with Crippen LogP contribution in [0.2, 0.25) is 0 Å². The van der Waals surface area contributed by atoms with Gasteiger partial charge in [-0.3, -0.25) is 4.79 Å². The average molecular weight is 194 g/mol. The lowest BCUT2D eigenvalue weighted by atomic mass is 9.82. The summed E-state index contributed by atoms with van der Waals surface area (Å²) in [6.07, 6.45) is 4.35. The number of nitrogens with zero attached hydrogens (tertiary/aromatic N) is 2. The van der Waals surface area contributed by atoms with Crippen LogP contribution in [0.5, 0.6) is 0 Å². The van der Waals surface area contributed by atoms with E-state index in [0.717, 1.165) is 0 Å². The van der Waals surface area contributed by atoms with Crippen LogP contribution in [0.3, 0.4) is 0 Å². The van der Waals surface area contributed by atoms with Crippen molar-refractivity contribution in [2.45, 2.75) is 32.6 Å². The zero-order valence-electron chi connectivity index (χ0n) is 8.99. The predicted molar refractivity (Wildman–Crippen MR) is 54.4 cm³/mol. The molecule has 0 bridgehead atoms. The summed E-state index contributed by atoms with van der Waals surface area (Å²) in [4.78, 5) is 13.3. The number of nitriles is 1. The van der Waals surface area contributed by atoms with Crippen LogP contribution in [0.15, 0.2) is 0 Å². The minimum absolute atomic E-state index is 0.0645. The van der Waals surface area contributed by atoms with Crippen LogP contribution in [-0.2, 0) is 4.79 Å². The highest BCUT2D eigenvalue weighted by atomic mass is 16.2. The van der Waals surface area contributed by atoms with E-state index in [2.05, 4.69) is 6.07 Å². The lowest BCUT2D eigenvalue weighted by molar-refractivity contribution is -0.131. The summed E-state index contributed by atoms with van der Waals surface area (Å²) in [5, 5.41) is 8.62. The van der Waals surface area contributed by atoms with Crippen molar-refractivity contribution in [2.75, 3.05) is 13.6 Å². The Morgan fingerprint density at radius 1 is 1.64 bits per heavy atom. The van der Waals surface area contributed by atoms with Gasteiger partial charge in [-0.05, 0) is 25.7 Å². The van der Waals surface area contributed by atoms with Crippen molar-refractivity contribution in [1.82, 2.24) is 4.90 Å². The van der Waals surface area contributed by atoms with Crippen molar-refractivity contribution in [3.63, 3.8) is 0 Å². The molecule has 1 aliphatic rings. The van der Waals surface area contributed by atoms with E-state index in [0.29, 0.717) is 18.9 Å². The Labute approximate surface area is 85.7 Å². The van der Waals surface area contributed by atoms with E-state index >= 15 is 0 Å². The summed E-state index contributed by atoms with van der Waals surface area (Å²) in [6.45, 7) is 2.40. The molecule has 1 unspecified atom stereocenters. The van der Waals surface area contributed by atoms with Gasteiger partial charge in [-0.1, -0.05) is 6.42 Å². The van der Waals surface area contributed by atoms with E-state index < -0.39 is 0 Å². The average Bonchev–Trinajstić information content (AvgIpc) is 2.10. The maximum Gasteiger partial charge on any atom is 0.222 e. The molecule has 1 saturated carbocycles. The molecule has 1 rings (SSSR count). The van der Waals surface area contributed by atoms with Crippen molar-refractivity contribution in [1.29, 1.82) is 5.26 Å². The van der Waals surface area contributed by atoms with Crippen LogP contribution < -0.4 is 0 Å². The first-order valence-electron chi connectivity index (χ1n) is 5.27. The van der Waals surface area contributed by atoms with Gasteiger partial charge in [0, 0.05) is 20.0 Å². The van der Waals surface area contributed by atoms with Crippen LogP contribution in [-0.4, -0.2) is 24.4 Å². The summed E-state index contributed by atoms with van der Waals surface area (Å²) < 4.78 is 0. The van der Waals surface area contributed by atoms with Gasteiger partial charge in [-0.15, -0.1) is 0 Å². The van der Waals surface area contributed by atoms with Gasteiger partial charge in [0.05, 0.1) is 12.0 Å². The number of carbonyl (C=O) groups is 1. The molecule has 3 heteroatoms. The van der Waals surface area contributed by atoms with E-state index in [1.165, 1.54) is 19.3 Å². The lowest BCUT2D eigenvalue weighted by Gasteiger charge is -2.27. The third-order valence-corrected chi connectivity index (χ3v) is 2.88. The standard InChI is InChI=1S/C11H18N2O/c1-9(7-12)8-13(2)11(14)6-10-4-3-5-10/h9-10H,3-6,8H2,1-2H3. The second kappa shape index (κ2) is 4.99. The Morgan fingerprint density at radius 3 is 2.71 bits per heavy atom. The first kappa shape index (κ1) is 11.0. The van der Waals surface area contributed by atoms with Gasteiger partial charge in [0.2, 0.25) is 5.91 Å². The monoisotopic (exact) mass is 194 g/mol. The van der Waals surface area contributed by atoms with Crippen molar-refractivity contribution in [2.24, 2.45) is 11.8 Å². The number of carbonyl (C=O) groups excluding carboxylic acids is 1. The molecule has 0 heterocycles. The van der Waals surface area contributed by atoms with E-state index in [1.807, 2.05) is 6.92 Å².